The lowest BCUT2D eigenvalue weighted by atomic mass is 9.96. The maximum Gasteiger partial charge on any atom is 0.242 e. The Hall–Kier alpha value is -1.52. The number of ether oxygens (including phenoxy) is 1. The van der Waals surface area contributed by atoms with Gasteiger partial charge in [-0.15, -0.1) is 0 Å². The molecule has 0 aromatic carbocycles. The molecule has 0 aliphatic rings. The van der Waals surface area contributed by atoms with E-state index in [0.29, 0.717) is 24.0 Å². The van der Waals surface area contributed by atoms with Crippen LogP contribution in [-0.4, -0.2) is 23.1 Å². The number of nitrogens with two attached hydrogens (primary N) is 1. The monoisotopic (exact) mass is 280 g/mol. The summed E-state index contributed by atoms with van der Waals surface area (Å²) < 4.78 is 5.65. The lowest BCUT2D eigenvalue weighted by Crippen LogP contribution is -2.20. The smallest absolute Gasteiger partial charge is 0.242 e. The highest BCUT2D eigenvalue weighted by molar-refractivity contribution is 5.67. The summed E-state index contributed by atoms with van der Waals surface area (Å²) in [6, 6.07) is 0. The van der Waals surface area contributed by atoms with Crippen molar-refractivity contribution in [1.82, 2.24) is 9.97 Å². The molecule has 0 saturated carbocycles. The van der Waals surface area contributed by atoms with E-state index in [0.717, 1.165) is 31.6 Å². The number of hydrogen-bond donors (Lipinski definition) is 2. The van der Waals surface area contributed by atoms with Crippen molar-refractivity contribution in [2.24, 2.45) is 0 Å². The number of unbranched alkanes of at least 4 members (excludes halogenated alkanes) is 1. The SMILES string of the molecule is CCCCNc1nc(C(C)(C)C)nc(OCCC)c1N. The Morgan fingerprint density at radius 1 is 1.15 bits per heavy atom. The summed E-state index contributed by atoms with van der Waals surface area (Å²) >= 11 is 0. The predicted molar refractivity (Wildman–Crippen MR) is 84.3 cm³/mol. The van der Waals surface area contributed by atoms with Gasteiger partial charge in [-0.2, -0.15) is 4.98 Å². The van der Waals surface area contributed by atoms with E-state index in [2.05, 4.69) is 49.9 Å². The number of rotatable bonds is 7. The molecule has 0 radical (unpaired) electrons. The second-order valence-corrected chi connectivity index (χ2v) is 5.99. The number of hydrogen-bond acceptors (Lipinski definition) is 5. The Morgan fingerprint density at radius 2 is 1.85 bits per heavy atom. The predicted octanol–water partition coefficient (Wildman–Crippen LogP) is 3.36. The zero-order chi connectivity index (χ0) is 15.2. The van der Waals surface area contributed by atoms with E-state index in [1.165, 1.54) is 0 Å². The molecule has 0 saturated heterocycles. The highest BCUT2D eigenvalue weighted by Gasteiger charge is 2.22. The molecule has 5 heteroatoms. The van der Waals surface area contributed by atoms with Gasteiger partial charge in [-0.25, -0.2) is 4.98 Å². The Labute approximate surface area is 122 Å². The average Bonchev–Trinajstić information content (AvgIpc) is 2.38. The number of nitrogens with zero attached hydrogens (tertiary/aromatic N) is 2. The molecule has 0 bridgehead atoms. The molecule has 5 nitrogen and oxygen atoms in total. The first-order valence-corrected chi connectivity index (χ1v) is 7.44. The van der Waals surface area contributed by atoms with Gasteiger partial charge in [0.25, 0.3) is 0 Å². The summed E-state index contributed by atoms with van der Waals surface area (Å²) in [6.45, 7) is 11.9. The molecule has 0 aliphatic heterocycles. The fourth-order valence-corrected chi connectivity index (χ4v) is 1.61. The Morgan fingerprint density at radius 3 is 2.40 bits per heavy atom. The minimum absolute atomic E-state index is 0.140. The van der Waals surface area contributed by atoms with Crippen molar-refractivity contribution in [1.29, 1.82) is 0 Å². The number of nitrogen functional groups attached to an aromatic ring is 1. The summed E-state index contributed by atoms with van der Waals surface area (Å²) in [5, 5.41) is 3.29. The molecule has 0 fully saturated rings. The van der Waals surface area contributed by atoms with Gasteiger partial charge in [0.1, 0.15) is 11.5 Å². The van der Waals surface area contributed by atoms with Crippen LogP contribution >= 0.6 is 0 Å². The summed E-state index contributed by atoms with van der Waals surface area (Å²) in [7, 11) is 0. The average molecular weight is 280 g/mol. The van der Waals surface area contributed by atoms with Gasteiger partial charge in [0.15, 0.2) is 5.82 Å². The lowest BCUT2D eigenvalue weighted by molar-refractivity contribution is 0.303. The molecule has 3 N–H and O–H groups in total. The third-order valence-corrected chi connectivity index (χ3v) is 2.85. The third kappa shape index (κ3) is 4.54. The lowest BCUT2D eigenvalue weighted by Gasteiger charge is -2.20. The van der Waals surface area contributed by atoms with Gasteiger partial charge >= 0.3 is 0 Å². The van der Waals surface area contributed by atoms with Crippen molar-refractivity contribution in [3.8, 4) is 5.88 Å². The van der Waals surface area contributed by atoms with Crippen LogP contribution in [0.5, 0.6) is 5.88 Å². The van der Waals surface area contributed by atoms with Crippen molar-refractivity contribution in [2.45, 2.75) is 59.3 Å². The standard InChI is InChI=1S/C15H28N4O/c1-6-8-9-17-12-11(16)13(20-10-7-2)19-14(18-12)15(3,4)5/h6-10,16H2,1-5H3,(H,17,18,19). The molecule has 20 heavy (non-hydrogen) atoms. The summed E-state index contributed by atoms with van der Waals surface area (Å²) in [5.41, 5.74) is 6.47. The molecule has 0 amide bonds. The van der Waals surface area contributed by atoms with Gasteiger partial charge in [0, 0.05) is 12.0 Å². The van der Waals surface area contributed by atoms with Crippen LogP contribution in [0.3, 0.4) is 0 Å². The molecule has 0 aliphatic carbocycles. The van der Waals surface area contributed by atoms with Crippen LogP contribution in [0.15, 0.2) is 0 Å². The Bertz CT molecular complexity index is 427. The van der Waals surface area contributed by atoms with Gasteiger partial charge in [0.05, 0.1) is 6.61 Å². The highest BCUT2D eigenvalue weighted by atomic mass is 16.5. The number of anilines is 2. The molecule has 1 heterocycles. The molecule has 114 valence electrons. The third-order valence-electron chi connectivity index (χ3n) is 2.85. The minimum atomic E-state index is -0.140. The second-order valence-electron chi connectivity index (χ2n) is 5.99. The molecule has 0 unspecified atom stereocenters. The molecular formula is C15H28N4O. The largest absolute Gasteiger partial charge is 0.476 e. The van der Waals surface area contributed by atoms with Crippen molar-refractivity contribution in [3.63, 3.8) is 0 Å². The van der Waals surface area contributed by atoms with Crippen molar-refractivity contribution < 1.29 is 4.74 Å². The van der Waals surface area contributed by atoms with Gasteiger partial charge in [0.2, 0.25) is 5.88 Å². The minimum Gasteiger partial charge on any atom is -0.476 e. The van der Waals surface area contributed by atoms with Gasteiger partial charge in [-0.1, -0.05) is 41.0 Å². The molecular weight excluding hydrogens is 252 g/mol. The first-order valence-electron chi connectivity index (χ1n) is 7.44. The van der Waals surface area contributed by atoms with Crippen molar-refractivity contribution >= 4 is 11.5 Å². The van der Waals surface area contributed by atoms with E-state index in [9.17, 15) is 0 Å². The van der Waals surface area contributed by atoms with Crippen LogP contribution in [-0.2, 0) is 5.41 Å². The van der Waals surface area contributed by atoms with Gasteiger partial charge in [-0.3, -0.25) is 0 Å². The van der Waals surface area contributed by atoms with Crippen LogP contribution in [0.2, 0.25) is 0 Å². The van der Waals surface area contributed by atoms with Crippen LogP contribution in [0.1, 0.15) is 59.7 Å². The van der Waals surface area contributed by atoms with Crippen LogP contribution in [0.4, 0.5) is 11.5 Å². The highest BCUT2D eigenvalue weighted by Crippen LogP contribution is 2.30. The Kier molecular flexibility index (Phi) is 6.05. The molecule has 0 spiro atoms. The first-order chi connectivity index (χ1) is 9.40. The maximum atomic E-state index is 6.11. The first kappa shape index (κ1) is 16.5. The quantitative estimate of drug-likeness (QED) is 0.749. The number of nitrogens with one attached hydrogen (secondary N) is 1. The molecule has 0 atom stereocenters. The van der Waals surface area contributed by atoms with E-state index in [4.69, 9.17) is 10.5 Å². The van der Waals surface area contributed by atoms with E-state index in [1.807, 2.05) is 0 Å². The van der Waals surface area contributed by atoms with E-state index >= 15 is 0 Å². The molecule has 1 aromatic heterocycles. The van der Waals surface area contributed by atoms with E-state index in [1.54, 1.807) is 0 Å². The zero-order valence-corrected chi connectivity index (χ0v) is 13.4. The number of aromatic nitrogens is 2. The van der Waals surface area contributed by atoms with E-state index < -0.39 is 0 Å². The fraction of sp³-hybridized carbons (Fsp3) is 0.733. The van der Waals surface area contributed by atoms with Crippen molar-refractivity contribution in [2.75, 3.05) is 24.2 Å². The normalized spacial score (nSPS) is 11.4. The van der Waals surface area contributed by atoms with E-state index in [-0.39, 0.29) is 5.41 Å². The fourth-order valence-electron chi connectivity index (χ4n) is 1.61. The molecule has 1 aromatic rings. The summed E-state index contributed by atoms with van der Waals surface area (Å²) in [6.07, 6.45) is 3.13. The topological polar surface area (TPSA) is 73.1 Å². The van der Waals surface area contributed by atoms with Gasteiger partial charge < -0.3 is 15.8 Å². The zero-order valence-electron chi connectivity index (χ0n) is 13.4. The van der Waals surface area contributed by atoms with Gasteiger partial charge in [-0.05, 0) is 12.8 Å². The Balaban J connectivity index is 3.06. The maximum absolute atomic E-state index is 6.11. The van der Waals surface area contributed by atoms with Crippen molar-refractivity contribution in [3.05, 3.63) is 5.82 Å². The van der Waals surface area contributed by atoms with Crippen LogP contribution in [0, 0.1) is 0 Å². The summed E-state index contributed by atoms with van der Waals surface area (Å²) in [5.74, 6) is 1.92. The second kappa shape index (κ2) is 7.31. The molecule has 1 rings (SSSR count). The summed E-state index contributed by atoms with van der Waals surface area (Å²) in [4.78, 5) is 9.03. The van der Waals surface area contributed by atoms with Crippen LogP contribution in [0.25, 0.3) is 0 Å². The van der Waals surface area contributed by atoms with Crippen LogP contribution < -0.4 is 15.8 Å².